The minimum Gasteiger partial charge on any atom is -0.395 e. The van der Waals surface area contributed by atoms with Crippen LogP contribution in [-0.2, 0) is 0 Å². The van der Waals surface area contributed by atoms with Gasteiger partial charge in [-0.2, -0.15) is 0 Å². The molecule has 0 unspecified atom stereocenters. The Labute approximate surface area is 131 Å². The maximum Gasteiger partial charge on any atom is 0.0558 e. The van der Waals surface area contributed by atoms with Gasteiger partial charge in [0.05, 0.1) is 6.61 Å². The quantitative estimate of drug-likeness (QED) is 0.911. The van der Waals surface area contributed by atoms with E-state index in [-0.39, 0.29) is 19.0 Å². The number of nitrogens with one attached hydrogen (secondary N) is 1. The molecule has 1 aromatic heterocycles. The van der Waals surface area contributed by atoms with Crippen molar-refractivity contribution in [2.24, 2.45) is 0 Å². The van der Waals surface area contributed by atoms with Crippen molar-refractivity contribution in [3.05, 3.63) is 36.7 Å². The molecule has 0 spiro atoms. The highest BCUT2D eigenvalue weighted by Gasteiger charge is 2.18. The summed E-state index contributed by atoms with van der Waals surface area (Å²) in [6, 6.07) is 8.90. The van der Waals surface area contributed by atoms with E-state index >= 15 is 0 Å². The van der Waals surface area contributed by atoms with E-state index in [4.69, 9.17) is 5.11 Å². The number of anilines is 1. The zero-order valence-corrected chi connectivity index (χ0v) is 12.9. The molecule has 3 rings (SSSR count). The number of hydrogen-bond donors (Lipinski definition) is 2. The molecule has 1 fully saturated rings. The molecule has 2 N–H and O–H groups in total. The summed E-state index contributed by atoms with van der Waals surface area (Å²) in [5.74, 6) is 0. The molecule has 0 aliphatic carbocycles. The average molecular weight is 308 g/mol. The number of aliphatic hydroxyl groups is 1. The molecule has 0 atom stereocenters. The Balaban J connectivity index is 0.00000161. The van der Waals surface area contributed by atoms with Crippen molar-refractivity contribution in [1.29, 1.82) is 0 Å². The molecule has 0 radical (unpaired) electrons. The van der Waals surface area contributed by atoms with Crippen LogP contribution in [0, 0.1) is 0 Å². The van der Waals surface area contributed by atoms with Crippen LogP contribution in [-0.4, -0.2) is 47.3 Å². The summed E-state index contributed by atoms with van der Waals surface area (Å²) in [5.41, 5.74) is 1.20. The molecule has 21 heavy (non-hydrogen) atoms. The van der Waals surface area contributed by atoms with Gasteiger partial charge in [0.25, 0.3) is 0 Å². The Morgan fingerprint density at radius 2 is 2.05 bits per heavy atom. The van der Waals surface area contributed by atoms with E-state index in [9.17, 15) is 0 Å². The highest BCUT2D eigenvalue weighted by Crippen LogP contribution is 2.24. The molecule has 1 aromatic carbocycles. The van der Waals surface area contributed by atoms with Gasteiger partial charge >= 0.3 is 0 Å². The number of aromatic nitrogens is 1. The summed E-state index contributed by atoms with van der Waals surface area (Å²) in [6.45, 7) is 3.18. The number of hydrogen-bond acceptors (Lipinski definition) is 4. The Kier molecular flexibility index (Phi) is 5.79. The molecule has 4 nitrogen and oxygen atoms in total. The molecule has 1 saturated heterocycles. The number of pyridine rings is 1. The van der Waals surface area contributed by atoms with E-state index in [0.29, 0.717) is 6.04 Å². The standard InChI is InChI=1S/C16H21N3O.ClH/c20-11-10-19-8-5-14(6-9-19)18-16-3-1-2-13-12-17-7-4-15(13)16;/h1-4,7,12,14,18,20H,5-6,8-11H2;1H. The zero-order valence-electron chi connectivity index (χ0n) is 12.0. The lowest BCUT2D eigenvalue weighted by atomic mass is 10.0. The fourth-order valence-electron chi connectivity index (χ4n) is 2.91. The van der Waals surface area contributed by atoms with Gasteiger partial charge in [-0.25, -0.2) is 0 Å². The van der Waals surface area contributed by atoms with Gasteiger partial charge in [0.1, 0.15) is 0 Å². The highest BCUT2D eigenvalue weighted by molar-refractivity contribution is 5.93. The Bertz CT molecular complexity index is 565. The first-order valence-electron chi connectivity index (χ1n) is 7.29. The van der Waals surface area contributed by atoms with Crippen molar-refractivity contribution in [3.63, 3.8) is 0 Å². The van der Waals surface area contributed by atoms with Crippen LogP contribution in [0.3, 0.4) is 0 Å². The third-order valence-corrected chi connectivity index (χ3v) is 4.04. The SMILES string of the molecule is Cl.OCCN1CCC(Nc2cccc3cnccc23)CC1. The summed E-state index contributed by atoms with van der Waals surface area (Å²) < 4.78 is 0. The van der Waals surface area contributed by atoms with Crippen molar-refractivity contribution in [2.75, 3.05) is 31.6 Å². The van der Waals surface area contributed by atoms with Gasteiger partial charge in [-0.15, -0.1) is 12.4 Å². The van der Waals surface area contributed by atoms with Gasteiger partial charge in [0.2, 0.25) is 0 Å². The van der Waals surface area contributed by atoms with Crippen molar-refractivity contribution in [2.45, 2.75) is 18.9 Å². The zero-order chi connectivity index (χ0) is 13.8. The maximum absolute atomic E-state index is 8.97. The van der Waals surface area contributed by atoms with Gasteiger partial charge in [-0.05, 0) is 25.0 Å². The molecule has 1 aliphatic rings. The van der Waals surface area contributed by atoms with Crippen LogP contribution >= 0.6 is 12.4 Å². The van der Waals surface area contributed by atoms with E-state index in [2.05, 4.69) is 39.5 Å². The van der Waals surface area contributed by atoms with Crippen LogP contribution in [0.1, 0.15) is 12.8 Å². The van der Waals surface area contributed by atoms with E-state index in [1.165, 1.54) is 16.5 Å². The number of rotatable bonds is 4. The first-order chi connectivity index (χ1) is 9.86. The largest absolute Gasteiger partial charge is 0.395 e. The second-order valence-electron chi connectivity index (χ2n) is 5.39. The number of fused-ring (bicyclic) bond motifs is 1. The molecule has 2 heterocycles. The number of aliphatic hydroxyl groups excluding tert-OH is 1. The lowest BCUT2D eigenvalue weighted by Gasteiger charge is -2.32. The Morgan fingerprint density at radius 3 is 2.81 bits per heavy atom. The van der Waals surface area contributed by atoms with Gasteiger partial charge in [0, 0.05) is 54.5 Å². The first kappa shape index (κ1) is 16.0. The summed E-state index contributed by atoms with van der Waals surface area (Å²) >= 11 is 0. The normalized spacial score (nSPS) is 16.6. The Hall–Kier alpha value is -1.36. The molecular weight excluding hydrogens is 286 g/mol. The fourth-order valence-corrected chi connectivity index (χ4v) is 2.91. The number of β-amino-alcohol motifs (C(OH)–C–C–N with tert-alkyl or cyclic N) is 1. The molecule has 0 saturated carbocycles. The summed E-state index contributed by atoms with van der Waals surface area (Å²) in [5, 5.41) is 15.1. The van der Waals surface area contributed by atoms with Gasteiger partial charge in [-0.1, -0.05) is 12.1 Å². The van der Waals surface area contributed by atoms with Crippen LogP contribution in [0.4, 0.5) is 5.69 Å². The summed E-state index contributed by atoms with van der Waals surface area (Å²) in [7, 11) is 0. The maximum atomic E-state index is 8.97. The van der Waals surface area contributed by atoms with Crippen LogP contribution in [0.25, 0.3) is 10.8 Å². The van der Waals surface area contributed by atoms with Gasteiger partial charge in [-0.3, -0.25) is 4.98 Å². The van der Waals surface area contributed by atoms with E-state index in [1.54, 1.807) is 0 Å². The summed E-state index contributed by atoms with van der Waals surface area (Å²) in [4.78, 5) is 6.50. The second kappa shape index (κ2) is 7.59. The van der Waals surface area contributed by atoms with Crippen LogP contribution in [0.15, 0.2) is 36.7 Å². The molecular formula is C16H22ClN3O. The van der Waals surface area contributed by atoms with Crippen molar-refractivity contribution < 1.29 is 5.11 Å². The molecule has 2 aromatic rings. The molecule has 0 bridgehead atoms. The van der Waals surface area contributed by atoms with Crippen LogP contribution in [0.5, 0.6) is 0 Å². The molecule has 0 amide bonds. The van der Waals surface area contributed by atoms with Crippen LogP contribution in [0.2, 0.25) is 0 Å². The minimum absolute atomic E-state index is 0. The van der Waals surface area contributed by atoms with Crippen LogP contribution < -0.4 is 5.32 Å². The third kappa shape index (κ3) is 3.84. The lowest BCUT2D eigenvalue weighted by molar-refractivity contribution is 0.168. The smallest absolute Gasteiger partial charge is 0.0558 e. The minimum atomic E-state index is 0. The number of piperidine rings is 1. The molecule has 114 valence electrons. The number of likely N-dealkylation sites (tertiary alicyclic amines) is 1. The van der Waals surface area contributed by atoms with Crippen molar-refractivity contribution >= 4 is 28.9 Å². The first-order valence-corrected chi connectivity index (χ1v) is 7.29. The lowest BCUT2D eigenvalue weighted by Crippen LogP contribution is -2.40. The number of benzene rings is 1. The molecule has 5 heteroatoms. The number of nitrogens with zero attached hydrogens (tertiary/aromatic N) is 2. The Morgan fingerprint density at radius 1 is 1.24 bits per heavy atom. The van der Waals surface area contributed by atoms with Crippen molar-refractivity contribution in [1.82, 2.24) is 9.88 Å². The van der Waals surface area contributed by atoms with Gasteiger partial charge in [0.15, 0.2) is 0 Å². The third-order valence-electron chi connectivity index (χ3n) is 4.04. The highest BCUT2D eigenvalue weighted by atomic mass is 35.5. The predicted octanol–water partition coefficient (Wildman–Crippen LogP) is 2.53. The van der Waals surface area contributed by atoms with E-state index < -0.39 is 0 Å². The van der Waals surface area contributed by atoms with E-state index in [0.717, 1.165) is 32.5 Å². The second-order valence-corrected chi connectivity index (χ2v) is 5.39. The van der Waals surface area contributed by atoms with E-state index in [1.807, 2.05) is 12.4 Å². The fraction of sp³-hybridized carbons (Fsp3) is 0.438. The van der Waals surface area contributed by atoms with Crippen molar-refractivity contribution in [3.8, 4) is 0 Å². The van der Waals surface area contributed by atoms with Gasteiger partial charge < -0.3 is 15.3 Å². The number of halogens is 1. The average Bonchev–Trinajstić information content (AvgIpc) is 2.50. The monoisotopic (exact) mass is 307 g/mol. The molecule has 1 aliphatic heterocycles. The predicted molar refractivity (Wildman–Crippen MR) is 89.2 cm³/mol. The summed E-state index contributed by atoms with van der Waals surface area (Å²) in [6.07, 6.45) is 6.00. The topological polar surface area (TPSA) is 48.4 Å².